The van der Waals surface area contributed by atoms with Crippen LogP contribution in [0.25, 0.3) is 0 Å². The summed E-state index contributed by atoms with van der Waals surface area (Å²) in [6.07, 6.45) is 0.632. The number of amides is 2. The van der Waals surface area contributed by atoms with Crippen LogP contribution in [0.15, 0.2) is 35.4 Å². The van der Waals surface area contributed by atoms with E-state index in [2.05, 4.69) is 0 Å². The number of rotatable bonds is 6. The maximum absolute atomic E-state index is 12.9. The predicted molar refractivity (Wildman–Crippen MR) is 116 cm³/mol. The second kappa shape index (κ2) is 8.89. The second-order valence-electron chi connectivity index (χ2n) is 7.44. The average Bonchev–Trinajstić information content (AvgIpc) is 3.12. The molecule has 9 nitrogen and oxygen atoms in total. The Morgan fingerprint density at radius 1 is 1.16 bits per heavy atom. The summed E-state index contributed by atoms with van der Waals surface area (Å²) >= 11 is 5.95. The van der Waals surface area contributed by atoms with Gasteiger partial charge in [0.05, 0.1) is 0 Å². The highest BCUT2D eigenvalue weighted by molar-refractivity contribution is 7.89. The zero-order valence-electron chi connectivity index (χ0n) is 17.5. The largest absolute Gasteiger partial charge is 0.481 e. The zero-order valence-corrected chi connectivity index (χ0v) is 19.1. The molecule has 0 radical (unpaired) electrons. The Kier molecular flexibility index (Phi) is 6.63. The van der Waals surface area contributed by atoms with Gasteiger partial charge >= 0.3 is 0 Å². The van der Waals surface area contributed by atoms with Crippen LogP contribution in [-0.2, 0) is 21.9 Å². The summed E-state index contributed by atoms with van der Waals surface area (Å²) in [5.41, 5.74) is 6.20. The van der Waals surface area contributed by atoms with Gasteiger partial charge in [0, 0.05) is 44.4 Å². The van der Waals surface area contributed by atoms with Gasteiger partial charge < -0.3 is 19.9 Å². The van der Waals surface area contributed by atoms with Crippen molar-refractivity contribution in [2.45, 2.75) is 24.8 Å². The summed E-state index contributed by atoms with van der Waals surface area (Å²) in [7, 11) is -2.25. The number of aromatic nitrogens is 1. The van der Waals surface area contributed by atoms with E-state index in [1.165, 1.54) is 21.1 Å². The highest BCUT2D eigenvalue weighted by Crippen LogP contribution is 2.24. The average molecular weight is 469 g/mol. The van der Waals surface area contributed by atoms with Gasteiger partial charge in [0.15, 0.2) is 6.10 Å². The van der Waals surface area contributed by atoms with Crippen molar-refractivity contribution < 1.29 is 22.7 Å². The molecule has 1 atom stereocenters. The molecule has 0 bridgehead atoms. The Labute approximate surface area is 186 Å². The number of nitrogens with two attached hydrogens (primary N) is 1. The Balaban J connectivity index is 1.63. The summed E-state index contributed by atoms with van der Waals surface area (Å²) in [5.74, 6) is -0.354. The van der Waals surface area contributed by atoms with Crippen molar-refractivity contribution in [3.05, 3.63) is 46.7 Å². The number of piperazine rings is 1. The fourth-order valence-corrected chi connectivity index (χ4v) is 5.18. The lowest BCUT2D eigenvalue weighted by molar-refractivity contribution is -0.139. The van der Waals surface area contributed by atoms with Gasteiger partial charge in [-0.3, -0.25) is 9.59 Å². The van der Waals surface area contributed by atoms with E-state index in [0.29, 0.717) is 10.8 Å². The Bertz CT molecular complexity index is 1110. The third-order valence-electron chi connectivity index (χ3n) is 5.21. The van der Waals surface area contributed by atoms with Gasteiger partial charge in [0.2, 0.25) is 10.0 Å². The molecule has 2 amide bonds. The quantitative estimate of drug-likeness (QED) is 0.687. The SMILES string of the molecule is Cc1cc(Cl)ccc1OC(C)C(=O)N1CCN(S(=O)(=O)c2cc(C(N)=O)n(C)c2)CC1. The Morgan fingerprint density at radius 2 is 1.81 bits per heavy atom. The number of ether oxygens (including phenoxy) is 1. The standard InChI is InChI=1S/C20H25ClN4O5S/c1-13-10-15(21)4-5-18(13)30-14(2)20(27)24-6-8-25(9-7-24)31(28,29)16-11-17(19(22)26)23(3)12-16/h4-5,10-12,14H,6-9H2,1-3H3,(H2,22,26). The van der Waals surface area contributed by atoms with Crippen LogP contribution in [0.2, 0.25) is 5.02 Å². The molecule has 1 fully saturated rings. The number of primary amides is 1. The topological polar surface area (TPSA) is 115 Å². The molecule has 0 aliphatic carbocycles. The van der Waals surface area contributed by atoms with Gasteiger partial charge in [-0.2, -0.15) is 4.31 Å². The number of aryl methyl sites for hydroxylation is 2. The fourth-order valence-electron chi connectivity index (χ4n) is 3.46. The number of sulfonamides is 1. The highest BCUT2D eigenvalue weighted by Gasteiger charge is 2.33. The van der Waals surface area contributed by atoms with Gasteiger partial charge in [-0.1, -0.05) is 11.6 Å². The normalized spacial score (nSPS) is 16.2. The summed E-state index contributed by atoms with van der Waals surface area (Å²) in [4.78, 5) is 25.8. The van der Waals surface area contributed by atoms with Crippen LogP contribution in [0.3, 0.4) is 0 Å². The molecule has 2 N–H and O–H groups in total. The molecule has 3 rings (SSSR count). The van der Waals surface area contributed by atoms with Crippen molar-refractivity contribution in [1.29, 1.82) is 0 Å². The maximum Gasteiger partial charge on any atom is 0.265 e. The summed E-state index contributed by atoms with van der Waals surface area (Å²) in [5, 5.41) is 0.586. The first kappa shape index (κ1) is 23.1. The number of halogens is 1. The van der Waals surface area contributed by atoms with E-state index in [1.807, 2.05) is 6.92 Å². The number of nitrogens with zero attached hydrogens (tertiary/aromatic N) is 3. The highest BCUT2D eigenvalue weighted by atomic mass is 35.5. The summed E-state index contributed by atoms with van der Waals surface area (Å²) in [6, 6.07) is 6.43. The summed E-state index contributed by atoms with van der Waals surface area (Å²) in [6.45, 7) is 4.26. The van der Waals surface area contributed by atoms with Gasteiger partial charge in [0.25, 0.3) is 11.8 Å². The number of hydrogen-bond donors (Lipinski definition) is 1. The minimum Gasteiger partial charge on any atom is -0.481 e. The third-order valence-corrected chi connectivity index (χ3v) is 7.31. The first-order valence-electron chi connectivity index (χ1n) is 9.68. The van der Waals surface area contributed by atoms with Crippen molar-refractivity contribution in [2.24, 2.45) is 12.8 Å². The molecule has 0 saturated carbocycles. The first-order valence-corrected chi connectivity index (χ1v) is 11.5. The van der Waals surface area contributed by atoms with Crippen LogP contribution in [0.4, 0.5) is 0 Å². The van der Waals surface area contributed by atoms with Crippen LogP contribution in [0.5, 0.6) is 5.75 Å². The number of hydrogen-bond acceptors (Lipinski definition) is 5. The van der Waals surface area contributed by atoms with Gasteiger partial charge in [-0.15, -0.1) is 0 Å². The molecule has 168 valence electrons. The molecule has 1 aliphatic heterocycles. The monoisotopic (exact) mass is 468 g/mol. The van der Waals surface area contributed by atoms with Crippen LogP contribution < -0.4 is 10.5 Å². The molecule has 2 heterocycles. The fraction of sp³-hybridized carbons (Fsp3) is 0.400. The smallest absolute Gasteiger partial charge is 0.265 e. The zero-order chi connectivity index (χ0) is 22.9. The lowest BCUT2D eigenvalue weighted by Crippen LogP contribution is -2.53. The maximum atomic E-state index is 12.9. The van der Waals surface area contributed by atoms with Gasteiger partial charge in [-0.25, -0.2) is 8.42 Å². The first-order chi connectivity index (χ1) is 14.5. The predicted octanol–water partition coefficient (Wildman–Crippen LogP) is 1.39. The molecular formula is C20H25ClN4O5S. The molecule has 1 unspecified atom stereocenters. The van der Waals surface area contributed by atoms with Crippen LogP contribution in [0.1, 0.15) is 23.0 Å². The number of benzene rings is 1. The van der Waals surface area contributed by atoms with Gasteiger partial charge in [0.1, 0.15) is 16.3 Å². The van der Waals surface area contributed by atoms with E-state index in [9.17, 15) is 18.0 Å². The van der Waals surface area contributed by atoms with Crippen LogP contribution in [0, 0.1) is 6.92 Å². The third kappa shape index (κ3) is 4.86. The second-order valence-corrected chi connectivity index (χ2v) is 9.81. The van der Waals surface area contributed by atoms with E-state index in [1.54, 1.807) is 37.1 Å². The minimum absolute atomic E-state index is 0.00140. The van der Waals surface area contributed by atoms with Crippen molar-refractivity contribution in [2.75, 3.05) is 26.2 Å². The lowest BCUT2D eigenvalue weighted by atomic mass is 10.2. The molecular weight excluding hydrogens is 444 g/mol. The molecule has 1 aromatic heterocycles. The molecule has 2 aromatic rings. The molecule has 1 saturated heterocycles. The van der Waals surface area contributed by atoms with Crippen molar-refractivity contribution >= 4 is 33.4 Å². The van der Waals surface area contributed by atoms with Crippen molar-refractivity contribution in [1.82, 2.24) is 13.8 Å². The van der Waals surface area contributed by atoms with E-state index in [-0.39, 0.29) is 42.7 Å². The lowest BCUT2D eigenvalue weighted by Gasteiger charge is -2.35. The molecule has 0 spiro atoms. The van der Waals surface area contributed by atoms with E-state index >= 15 is 0 Å². The number of carbonyl (C=O) groups is 2. The molecule has 11 heteroatoms. The van der Waals surface area contributed by atoms with Gasteiger partial charge in [-0.05, 0) is 43.7 Å². The molecule has 1 aromatic carbocycles. The van der Waals surface area contributed by atoms with Crippen molar-refractivity contribution in [3.8, 4) is 5.75 Å². The Morgan fingerprint density at radius 3 is 2.35 bits per heavy atom. The van der Waals surface area contributed by atoms with E-state index in [0.717, 1.165) is 5.56 Å². The van der Waals surface area contributed by atoms with Crippen LogP contribution in [-0.4, -0.2) is 66.3 Å². The van der Waals surface area contributed by atoms with E-state index in [4.69, 9.17) is 22.1 Å². The van der Waals surface area contributed by atoms with Crippen LogP contribution >= 0.6 is 11.6 Å². The minimum atomic E-state index is -3.80. The Hall–Kier alpha value is -2.56. The molecule has 31 heavy (non-hydrogen) atoms. The number of carbonyl (C=O) groups excluding carboxylic acids is 2. The van der Waals surface area contributed by atoms with Crippen molar-refractivity contribution in [3.63, 3.8) is 0 Å². The summed E-state index contributed by atoms with van der Waals surface area (Å²) < 4.78 is 34.3. The van der Waals surface area contributed by atoms with E-state index < -0.39 is 22.0 Å². The molecule has 1 aliphatic rings.